The van der Waals surface area contributed by atoms with E-state index in [2.05, 4.69) is 13.8 Å². The number of rotatable bonds is 8. The number of furan rings is 1. The molecule has 0 N–H and O–H groups in total. The molecule has 0 atom stereocenters. The van der Waals surface area contributed by atoms with E-state index in [-0.39, 0.29) is 23.7 Å². The van der Waals surface area contributed by atoms with Gasteiger partial charge in [-0.15, -0.1) is 0 Å². The van der Waals surface area contributed by atoms with Crippen LogP contribution in [0.1, 0.15) is 54.4 Å². The Morgan fingerprint density at radius 1 is 1.15 bits per heavy atom. The predicted octanol–water partition coefficient (Wildman–Crippen LogP) is 6.32. The summed E-state index contributed by atoms with van der Waals surface area (Å²) in [5.74, 6) is 0.672. The molecule has 34 heavy (non-hydrogen) atoms. The molecule has 174 valence electrons. The number of hydrogen-bond donors (Lipinski definition) is 0. The van der Waals surface area contributed by atoms with Crippen molar-refractivity contribution in [2.45, 2.75) is 45.2 Å². The lowest BCUT2D eigenvalue weighted by Crippen LogP contribution is -2.32. The van der Waals surface area contributed by atoms with E-state index < -0.39 is 0 Å². The minimum Gasteiger partial charge on any atom is -0.459 e. The second-order valence-corrected chi connectivity index (χ2v) is 8.77. The van der Waals surface area contributed by atoms with Crippen LogP contribution in [0.3, 0.4) is 0 Å². The van der Waals surface area contributed by atoms with Crippen molar-refractivity contribution < 1.29 is 18.3 Å². The molecule has 6 nitrogen and oxygen atoms in total. The quantitative estimate of drug-likeness (QED) is 0.309. The predicted molar refractivity (Wildman–Crippen MR) is 126 cm³/mol. The van der Waals surface area contributed by atoms with Crippen molar-refractivity contribution >= 4 is 5.91 Å². The van der Waals surface area contributed by atoms with Gasteiger partial charge in [-0.05, 0) is 55.2 Å². The van der Waals surface area contributed by atoms with E-state index in [9.17, 15) is 9.18 Å². The summed E-state index contributed by atoms with van der Waals surface area (Å²) in [6.45, 7) is 4.43. The zero-order chi connectivity index (χ0) is 23.7. The lowest BCUT2D eigenvalue weighted by Gasteiger charge is -2.22. The first kappa shape index (κ1) is 21.9. The molecule has 0 bridgehead atoms. The van der Waals surface area contributed by atoms with E-state index in [1.54, 1.807) is 28.9 Å². The van der Waals surface area contributed by atoms with Crippen LogP contribution >= 0.6 is 0 Å². The van der Waals surface area contributed by atoms with Crippen molar-refractivity contribution in [3.05, 3.63) is 95.8 Å². The lowest BCUT2D eigenvalue weighted by atomic mass is 10.1. The summed E-state index contributed by atoms with van der Waals surface area (Å²) in [5, 5.41) is 4.89. The summed E-state index contributed by atoms with van der Waals surface area (Å²) < 4.78 is 27.4. The Hall–Kier alpha value is -3.87. The van der Waals surface area contributed by atoms with Crippen LogP contribution in [0, 0.1) is 5.82 Å². The third-order valence-electron chi connectivity index (χ3n) is 5.83. The van der Waals surface area contributed by atoms with E-state index in [1.165, 1.54) is 18.4 Å². The molecule has 0 saturated heterocycles. The number of halogens is 1. The van der Waals surface area contributed by atoms with Crippen LogP contribution in [0.4, 0.5) is 4.39 Å². The largest absolute Gasteiger partial charge is 0.459 e. The molecule has 4 aromatic rings. The third-order valence-corrected chi connectivity index (χ3v) is 5.83. The molecule has 1 aliphatic rings. The number of carbonyl (C=O) groups is 1. The molecule has 5 rings (SSSR count). The summed E-state index contributed by atoms with van der Waals surface area (Å²) in [6, 6.07) is 19.2. The van der Waals surface area contributed by atoms with Crippen LogP contribution in [0.5, 0.6) is 11.6 Å². The SMILES string of the molecule is CC(C)c1nn(-c2ccccc2)c(Oc2cccc(F)c2)c1CN(C(=O)c1ccco1)C1CC1. The average Bonchev–Trinajstić information content (AvgIpc) is 3.39. The van der Waals surface area contributed by atoms with Gasteiger partial charge >= 0.3 is 0 Å². The number of ether oxygens (including phenoxy) is 1. The van der Waals surface area contributed by atoms with Gasteiger partial charge < -0.3 is 14.1 Å². The highest BCUT2D eigenvalue weighted by Gasteiger charge is 2.36. The van der Waals surface area contributed by atoms with Crippen LogP contribution in [-0.2, 0) is 6.54 Å². The maximum absolute atomic E-state index is 13.9. The Bertz CT molecular complexity index is 1280. The van der Waals surface area contributed by atoms with Gasteiger partial charge in [0.15, 0.2) is 5.76 Å². The summed E-state index contributed by atoms with van der Waals surface area (Å²) >= 11 is 0. The van der Waals surface area contributed by atoms with Gasteiger partial charge in [0.05, 0.1) is 29.8 Å². The maximum Gasteiger partial charge on any atom is 0.290 e. The van der Waals surface area contributed by atoms with E-state index in [4.69, 9.17) is 14.3 Å². The Labute approximate surface area is 197 Å². The maximum atomic E-state index is 13.9. The number of nitrogens with zero attached hydrogens (tertiary/aromatic N) is 3. The third kappa shape index (κ3) is 4.46. The van der Waals surface area contributed by atoms with Gasteiger partial charge in [0.2, 0.25) is 5.88 Å². The molecule has 7 heteroatoms. The fourth-order valence-corrected chi connectivity index (χ4v) is 4.02. The number of carbonyl (C=O) groups excluding carboxylic acids is 1. The highest BCUT2D eigenvalue weighted by molar-refractivity contribution is 5.92. The van der Waals surface area contributed by atoms with E-state index in [1.807, 2.05) is 35.2 Å². The summed E-state index contributed by atoms with van der Waals surface area (Å²) in [6.07, 6.45) is 3.39. The van der Waals surface area contributed by atoms with Crippen LogP contribution in [0.15, 0.2) is 77.4 Å². The molecule has 1 amide bonds. The number of benzene rings is 2. The van der Waals surface area contributed by atoms with Crippen molar-refractivity contribution in [3.63, 3.8) is 0 Å². The number of para-hydroxylation sites is 1. The van der Waals surface area contributed by atoms with Gasteiger partial charge in [-0.1, -0.05) is 38.1 Å². The normalized spacial score (nSPS) is 13.3. The summed E-state index contributed by atoms with van der Waals surface area (Å²) in [4.78, 5) is 15.1. The minimum absolute atomic E-state index is 0.0783. The molecular formula is C27H26FN3O3. The minimum atomic E-state index is -0.387. The van der Waals surface area contributed by atoms with Gasteiger partial charge in [-0.25, -0.2) is 9.07 Å². The zero-order valence-electron chi connectivity index (χ0n) is 19.1. The van der Waals surface area contributed by atoms with Gasteiger partial charge in [0, 0.05) is 12.1 Å². The monoisotopic (exact) mass is 459 g/mol. The lowest BCUT2D eigenvalue weighted by molar-refractivity contribution is 0.0696. The van der Waals surface area contributed by atoms with Gasteiger partial charge in [-0.3, -0.25) is 4.79 Å². The Kier molecular flexibility index (Phi) is 5.92. The first-order valence-electron chi connectivity index (χ1n) is 11.5. The molecule has 1 fully saturated rings. The van der Waals surface area contributed by atoms with Crippen molar-refractivity contribution in [3.8, 4) is 17.3 Å². The van der Waals surface area contributed by atoms with Crippen LogP contribution < -0.4 is 4.74 Å². The summed E-state index contributed by atoms with van der Waals surface area (Å²) in [5.41, 5.74) is 2.44. The highest BCUT2D eigenvalue weighted by atomic mass is 19.1. The Balaban J connectivity index is 1.62. The first-order chi connectivity index (χ1) is 16.5. The van der Waals surface area contributed by atoms with Gasteiger partial charge in [0.25, 0.3) is 5.91 Å². The number of aromatic nitrogens is 2. The van der Waals surface area contributed by atoms with E-state index in [0.29, 0.717) is 23.9 Å². The standard InChI is InChI=1S/C27H26FN3O3/c1-18(2)25-23(17-30(20-13-14-20)26(32)24-12-7-15-33-24)27(34-22-11-6-8-19(28)16-22)31(29-25)21-9-4-3-5-10-21/h3-12,15-16,18,20H,13-14,17H2,1-2H3. The molecule has 2 aromatic heterocycles. The topological polar surface area (TPSA) is 60.5 Å². The van der Waals surface area contributed by atoms with Crippen LogP contribution in [-0.4, -0.2) is 26.6 Å². The van der Waals surface area contributed by atoms with Crippen LogP contribution in [0.25, 0.3) is 5.69 Å². The Morgan fingerprint density at radius 2 is 1.94 bits per heavy atom. The van der Waals surface area contributed by atoms with Crippen molar-refractivity contribution in [1.82, 2.24) is 14.7 Å². The molecule has 0 unspecified atom stereocenters. The fourth-order valence-electron chi connectivity index (χ4n) is 4.02. The van der Waals surface area contributed by atoms with Gasteiger partial charge in [-0.2, -0.15) is 5.10 Å². The zero-order valence-corrected chi connectivity index (χ0v) is 19.1. The summed E-state index contributed by atoms with van der Waals surface area (Å²) in [7, 11) is 0. The molecule has 0 radical (unpaired) electrons. The van der Waals surface area contributed by atoms with Crippen LogP contribution in [0.2, 0.25) is 0 Å². The average molecular weight is 460 g/mol. The molecule has 2 aromatic carbocycles. The number of hydrogen-bond acceptors (Lipinski definition) is 4. The Morgan fingerprint density at radius 3 is 2.59 bits per heavy atom. The van der Waals surface area contributed by atoms with E-state index >= 15 is 0 Å². The van der Waals surface area contributed by atoms with Crippen molar-refractivity contribution in [2.24, 2.45) is 0 Å². The molecule has 2 heterocycles. The van der Waals surface area contributed by atoms with E-state index in [0.717, 1.165) is 29.8 Å². The molecule has 1 saturated carbocycles. The van der Waals surface area contributed by atoms with Gasteiger partial charge in [0.1, 0.15) is 11.6 Å². The molecular weight excluding hydrogens is 433 g/mol. The highest BCUT2D eigenvalue weighted by Crippen LogP contribution is 2.38. The first-order valence-corrected chi connectivity index (χ1v) is 11.5. The van der Waals surface area contributed by atoms with Crippen molar-refractivity contribution in [1.29, 1.82) is 0 Å². The molecule has 0 aliphatic heterocycles. The van der Waals surface area contributed by atoms with Crippen molar-refractivity contribution in [2.75, 3.05) is 0 Å². The number of amides is 1. The smallest absolute Gasteiger partial charge is 0.290 e. The second kappa shape index (κ2) is 9.17. The molecule has 0 spiro atoms. The second-order valence-electron chi connectivity index (χ2n) is 8.77. The molecule has 1 aliphatic carbocycles. The fraction of sp³-hybridized carbons (Fsp3) is 0.259.